The van der Waals surface area contributed by atoms with E-state index in [9.17, 15) is 8.42 Å². The second-order valence-corrected chi connectivity index (χ2v) is 7.01. The quantitative estimate of drug-likeness (QED) is 0.916. The van der Waals surface area contributed by atoms with Gasteiger partial charge in [-0.3, -0.25) is 4.72 Å². The van der Waals surface area contributed by atoms with Crippen molar-refractivity contribution in [1.82, 2.24) is 0 Å². The Bertz CT molecular complexity index is 880. The molecule has 0 amide bonds. The highest BCUT2D eigenvalue weighted by Crippen LogP contribution is 2.35. The molecule has 8 heteroatoms. The van der Waals surface area contributed by atoms with E-state index in [0.717, 1.165) is 6.42 Å². The van der Waals surface area contributed by atoms with Gasteiger partial charge in [0, 0.05) is 18.6 Å². The Morgan fingerprint density at radius 2 is 1.46 bits per heavy atom. The molecule has 2 aliphatic heterocycles. The first-order chi connectivity index (χ1) is 11.6. The number of fused-ring (bicyclic) bond motifs is 2. The van der Waals surface area contributed by atoms with Crippen LogP contribution in [0.2, 0.25) is 0 Å². The Labute approximate surface area is 139 Å². The summed E-state index contributed by atoms with van der Waals surface area (Å²) in [5.74, 6) is 2.08. The molecule has 0 saturated carbocycles. The fourth-order valence-corrected chi connectivity index (χ4v) is 3.55. The zero-order valence-corrected chi connectivity index (χ0v) is 13.5. The van der Waals surface area contributed by atoms with Gasteiger partial charge < -0.3 is 18.9 Å². The first-order valence-electron chi connectivity index (χ1n) is 7.44. The van der Waals surface area contributed by atoms with Crippen molar-refractivity contribution in [3.8, 4) is 23.0 Å². The lowest BCUT2D eigenvalue weighted by molar-refractivity contribution is 0.174. The summed E-state index contributed by atoms with van der Waals surface area (Å²) < 4.78 is 49.2. The lowest BCUT2D eigenvalue weighted by Gasteiger charge is -2.12. The molecule has 0 fully saturated rings. The molecule has 1 N–H and O–H groups in total. The van der Waals surface area contributed by atoms with E-state index in [1.807, 2.05) is 0 Å². The molecular formula is C16H15NO6S. The Morgan fingerprint density at radius 3 is 2.33 bits per heavy atom. The van der Waals surface area contributed by atoms with Crippen LogP contribution in [0.4, 0.5) is 5.69 Å². The van der Waals surface area contributed by atoms with Gasteiger partial charge in [-0.05, 0) is 24.3 Å². The number of sulfonamides is 1. The van der Waals surface area contributed by atoms with Crippen LogP contribution < -0.4 is 23.7 Å². The van der Waals surface area contributed by atoms with Crippen LogP contribution in [0.15, 0.2) is 41.3 Å². The molecule has 0 atom stereocenters. The van der Waals surface area contributed by atoms with Gasteiger partial charge in [0.1, 0.15) is 0 Å². The zero-order chi connectivity index (χ0) is 16.6. The SMILES string of the molecule is O=S(=O)(Nc1ccc2c(c1)OCCCO2)c1ccc2c(c1)OCO2. The van der Waals surface area contributed by atoms with Crippen molar-refractivity contribution in [3.05, 3.63) is 36.4 Å². The monoisotopic (exact) mass is 349 g/mol. The highest BCUT2D eigenvalue weighted by molar-refractivity contribution is 7.92. The standard InChI is InChI=1S/C16H15NO6S/c18-24(19,12-3-5-14-16(9-12)23-10-22-14)17-11-2-4-13-15(8-11)21-7-1-6-20-13/h2-5,8-9,17H,1,6-7,10H2. The maximum absolute atomic E-state index is 12.6. The van der Waals surface area contributed by atoms with Gasteiger partial charge >= 0.3 is 0 Å². The summed E-state index contributed by atoms with van der Waals surface area (Å²) in [6, 6.07) is 9.43. The van der Waals surface area contributed by atoms with Crippen LogP contribution in [0.5, 0.6) is 23.0 Å². The molecule has 2 aromatic carbocycles. The number of hydrogen-bond donors (Lipinski definition) is 1. The molecule has 0 unspecified atom stereocenters. The molecule has 0 saturated heterocycles. The summed E-state index contributed by atoms with van der Waals surface area (Å²) in [4.78, 5) is 0.0962. The topological polar surface area (TPSA) is 83.1 Å². The third-order valence-corrected chi connectivity index (χ3v) is 5.03. The largest absolute Gasteiger partial charge is 0.490 e. The van der Waals surface area contributed by atoms with Crippen LogP contribution in [-0.4, -0.2) is 28.4 Å². The number of rotatable bonds is 3. The molecule has 0 radical (unpaired) electrons. The van der Waals surface area contributed by atoms with Crippen LogP contribution in [-0.2, 0) is 10.0 Å². The average molecular weight is 349 g/mol. The normalized spacial score (nSPS) is 15.7. The first kappa shape index (κ1) is 14.9. The summed E-state index contributed by atoms with van der Waals surface area (Å²) in [5.41, 5.74) is 0.400. The van der Waals surface area contributed by atoms with Gasteiger partial charge in [-0.2, -0.15) is 0 Å². The maximum Gasteiger partial charge on any atom is 0.262 e. The molecule has 0 aromatic heterocycles. The Hall–Kier alpha value is -2.61. The van der Waals surface area contributed by atoms with Crippen molar-refractivity contribution in [3.63, 3.8) is 0 Å². The number of hydrogen-bond acceptors (Lipinski definition) is 6. The highest BCUT2D eigenvalue weighted by Gasteiger charge is 2.21. The summed E-state index contributed by atoms with van der Waals surface area (Å²) in [6.07, 6.45) is 0.785. The van der Waals surface area contributed by atoms with Crippen LogP contribution in [0.25, 0.3) is 0 Å². The third-order valence-electron chi connectivity index (χ3n) is 3.65. The van der Waals surface area contributed by atoms with Crippen molar-refractivity contribution < 1.29 is 27.4 Å². The van der Waals surface area contributed by atoms with Crippen molar-refractivity contribution in [2.75, 3.05) is 24.7 Å². The average Bonchev–Trinajstić information content (AvgIpc) is 2.91. The molecule has 24 heavy (non-hydrogen) atoms. The van der Waals surface area contributed by atoms with Crippen molar-refractivity contribution in [2.45, 2.75) is 11.3 Å². The van der Waals surface area contributed by atoms with Gasteiger partial charge in [-0.1, -0.05) is 0 Å². The van der Waals surface area contributed by atoms with Gasteiger partial charge in [-0.15, -0.1) is 0 Å². The second kappa shape index (κ2) is 5.79. The van der Waals surface area contributed by atoms with E-state index in [1.54, 1.807) is 24.3 Å². The molecule has 0 spiro atoms. The lowest BCUT2D eigenvalue weighted by atomic mass is 10.3. The van der Waals surface area contributed by atoms with Crippen LogP contribution in [0.1, 0.15) is 6.42 Å². The van der Waals surface area contributed by atoms with Gasteiger partial charge in [-0.25, -0.2) is 8.42 Å². The van der Waals surface area contributed by atoms with E-state index in [0.29, 0.717) is 41.9 Å². The van der Waals surface area contributed by atoms with E-state index in [1.165, 1.54) is 12.1 Å². The summed E-state index contributed by atoms with van der Waals surface area (Å²) in [6.45, 7) is 1.20. The van der Waals surface area contributed by atoms with Gasteiger partial charge in [0.2, 0.25) is 6.79 Å². The Kier molecular flexibility index (Phi) is 3.61. The lowest BCUT2D eigenvalue weighted by Crippen LogP contribution is -2.13. The molecule has 126 valence electrons. The third kappa shape index (κ3) is 2.80. The van der Waals surface area contributed by atoms with Crippen LogP contribution in [0.3, 0.4) is 0 Å². The van der Waals surface area contributed by atoms with E-state index >= 15 is 0 Å². The van der Waals surface area contributed by atoms with Crippen molar-refractivity contribution in [1.29, 1.82) is 0 Å². The second-order valence-electron chi connectivity index (χ2n) is 5.33. The minimum atomic E-state index is -3.75. The summed E-state index contributed by atoms with van der Waals surface area (Å²) >= 11 is 0. The molecule has 0 bridgehead atoms. The molecule has 0 aliphatic carbocycles. The van der Waals surface area contributed by atoms with Crippen molar-refractivity contribution >= 4 is 15.7 Å². The molecule has 7 nitrogen and oxygen atoms in total. The van der Waals surface area contributed by atoms with Gasteiger partial charge in [0.15, 0.2) is 23.0 Å². The molecule has 2 aliphatic rings. The van der Waals surface area contributed by atoms with E-state index in [4.69, 9.17) is 18.9 Å². The number of nitrogens with one attached hydrogen (secondary N) is 1. The molecule has 2 aromatic rings. The number of ether oxygens (including phenoxy) is 4. The Morgan fingerprint density at radius 1 is 0.792 bits per heavy atom. The minimum Gasteiger partial charge on any atom is -0.490 e. The van der Waals surface area contributed by atoms with Crippen LogP contribution >= 0.6 is 0 Å². The maximum atomic E-state index is 12.6. The molecule has 4 rings (SSSR count). The summed E-state index contributed by atoms with van der Waals surface area (Å²) in [7, 11) is -3.75. The highest BCUT2D eigenvalue weighted by atomic mass is 32.2. The predicted octanol–water partition coefficient (Wildman–Crippen LogP) is 2.38. The minimum absolute atomic E-state index is 0.0917. The van der Waals surface area contributed by atoms with E-state index in [2.05, 4.69) is 4.72 Å². The van der Waals surface area contributed by atoms with Gasteiger partial charge in [0.05, 0.1) is 23.8 Å². The predicted molar refractivity (Wildman–Crippen MR) is 85.4 cm³/mol. The zero-order valence-electron chi connectivity index (χ0n) is 12.7. The molecular weight excluding hydrogens is 334 g/mol. The number of anilines is 1. The van der Waals surface area contributed by atoms with Crippen molar-refractivity contribution in [2.24, 2.45) is 0 Å². The van der Waals surface area contributed by atoms with E-state index < -0.39 is 10.0 Å². The van der Waals surface area contributed by atoms with Crippen LogP contribution in [0, 0.1) is 0 Å². The smallest absolute Gasteiger partial charge is 0.262 e. The Balaban J connectivity index is 1.61. The first-order valence-corrected chi connectivity index (χ1v) is 8.92. The fourth-order valence-electron chi connectivity index (χ4n) is 2.48. The molecule has 2 heterocycles. The number of benzene rings is 2. The van der Waals surface area contributed by atoms with E-state index in [-0.39, 0.29) is 11.7 Å². The summed E-state index contributed by atoms with van der Waals surface area (Å²) in [5, 5.41) is 0. The van der Waals surface area contributed by atoms with Gasteiger partial charge in [0.25, 0.3) is 10.0 Å². The fraction of sp³-hybridized carbons (Fsp3) is 0.250.